The third-order valence-electron chi connectivity index (χ3n) is 8.80. The molecule has 0 amide bonds. The monoisotopic (exact) mass is 808 g/mol. The number of hydrogen-bond donors (Lipinski definition) is 0. The van der Waals surface area contributed by atoms with Crippen molar-refractivity contribution in [2.75, 3.05) is 19.8 Å². The molecule has 0 radical (unpaired) electrons. The zero-order chi connectivity index (χ0) is 37.7. The van der Waals surface area contributed by atoms with Crippen LogP contribution in [-0.4, -0.2) is 59.2 Å². The van der Waals surface area contributed by atoms with Gasteiger partial charge in [0.1, 0.15) is 31.1 Å². The van der Waals surface area contributed by atoms with E-state index in [0.29, 0.717) is 37.8 Å². The number of aromatic nitrogens is 2. The van der Waals surface area contributed by atoms with E-state index in [1.165, 1.54) is 10.8 Å². The molecule has 53 heavy (non-hydrogen) atoms. The summed E-state index contributed by atoms with van der Waals surface area (Å²) in [5, 5.41) is 1.86. The molecule has 2 fully saturated rings. The van der Waals surface area contributed by atoms with Gasteiger partial charge in [0.05, 0.1) is 39.6 Å². The Labute approximate surface area is 327 Å². The van der Waals surface area contributed by atoms with Gasteiger partial charge in [-0.25, -0.2) is 9.36 Å². The molecule has 3 heterocycles. The van der Waals surface area contributed by atoms with Crippen LogP contribution in [0.15, 0.2) is 82.5 Å². The number of nitrogens with zero attached hydrogens (tertiary/aromatic N) is 2. The fraction of sp³-hybridized carbons (Fsp3) is 0.421. The Kier molecular flexibility index (Phi) is 13.4. The second-order valence-electron chi connectivity index (χ2n) is 13.3. The van der Waals surface area contributed by atoms with Crippen molar-refractivity contribution in [3.8, 4) is 0 Å². The Morgan fingerprint density at radius 1 is 0.811 bits per heavy atom. The Morgan fingerprint density at radius 2 is 1.49 bits per heavy atom. The van der Waals surface area contributed by atoms with E-state index in [1.807, 2.05) is 44.2 Å². The van der Waals surface area contributed by atoms with Crippen molar-refractivity contribution in [3.05, 3.63) is 136 Å². The first-order chi connectivity index (χ1) is 25.4. The highest BCUT2D eigenvalue weighted by Gasteiger charge is 2.49. The van der Waals surface area contributed by atoms with Gasteiger partial charge in [0.25, 0.3) is 5.56 Å². The lowest BCUT2D eigenvalue weighted by molar-refractivity contribution is -0.156. The standard InChI is InChI=1S/C38H40Cl4N2O9/c1-23-15-43(37(46)44(35(23)45)22-48-16-24-7-5-4-6-8-24)36-34(50-19-29-20-51-38(2,3)53-29)33(49-18-26-10-12-28(40)14-31(26)42)32(52-36)21-47-17-25-9-11-27(39)13-30(25)41/h4-15,29,32-34,36H,16-22H2,1-3H3/t29-,32+,33+,34+,36+/m0/s1. The first kappa shape index (κ1) is 39.9. The summed E-state index contributed by atoms with van der Waals surface area (Å²) >= 11 is 25.2. The molecular weight excluding hydrogens is 770 g/mol. The molecule has 284 valence electrons. The van der Waals surface area contributed by atoms with E-state index in [2.05, 4.69) is 0 Å². The highest BCUT2D eigenvalue weighted by Crippen LogP contribution is 2.36. The maximum absolute atomic E-state index is 14.1. The van der Waals surface area contributed by atoms with Gasteiger partial charge in [-0.3, -0.25) is 9.36 Å². The van der Waals surface area contributed by atoms with E-state index in [4.69, 9.17) is 79.6 Å². The molecule has 1 aromatic heterocycles. The summed E-state index contributed by atoms with van der Waals surface area (Å²) in [6.07, 6.45) is -2.46. The van der Waals surface area contributed by atoms with Crippen molar-refractivity contribution in [1.29, 1.82) is 0 Å². The van der Waals surface area contributed by atoms with Gasteiger partial charge in [-0.15, -0.1) is 0 Å². The smallest absolute Gasteiger partial charge is 0.335 e. The summed E-state index contributed by atoms with van der Waals surface area (Å²) in [4.78, 5) is 27.4. The van der Waals surface area contributed by atoms with Crippen LogP contribution in [0.4, 0.5) is 0 Å². The topological polar surface area (TPSA) is 109 Å². The van der Waals surface area contributed by atoms with Gasteiger partial charge in [-0.1, -0.05) is 88.9 Å². The van der Waals surface area contributed by atoms with Gasteiger partial charge >= 0.3 is 5.69 Å². The van der Waals surface area contributed by atoms with Gasteiger partial charge in [0.2, 0.25) is 0 Å². The number of hydrogen-bond acceptors (Lipinski definition) is 9. The van der Waals surface area contributed by atoms with Crippen LogP contribution in [-0.2, 0) is 59.7 Å². The zero-order valence-corrected chi connectivity index (χ0v) is 32.4. The molecule has 0 N–H and O–H groups in total. The summed E-state index contributed by atoms with van der Waals surface area (Å²) < 4.78 is 45.8. The lowest BCUT2D eigenvalue weighted by Crippen LogP contribution is -2.46. The molecule has 15 heteroatoms. The third kappa shape index (κ3) is 10.1. The van der Waals surface area contributed by atoms with Crippen molar-refractivity contribution in [2.45, 2.75) is 83.8 Å². The van der Waals surface area contributed by atoms with Crippen molar-refractivity contribution in [1.82, 2.24) is 9.13 Å². The van der Waals surface area contributed by atoms with Crippen molar-refractivity contribution in [2.24, 2.45) is 0 Å². The molecule has 2 saturated heterocycles. The van der Waals surface area contributed by atoms with E-state index in [0.717, 1.165) is 15.7 Å². The lowest BCUT2D eigenvalue weighted by Gasteiger charge is -2.27. The molecule has 0 unspecified atom stereocenters. The SMILES string of the molecule is Cc1cn([C@@H]2O[C@H](COCc3ccc(Cl)cc3Cl)[C@@H](OCc3ccc(Cl)cc3Cl)[C@H]2OC[C@H]2COC(C)(C)O2)c(=O)n(COCc2ccccc2)c1=O. The van der Waals surface area contributed by atoms with Crippen LogP contribution in [0.25, 0.3) is 0 Å². The number of halogens is 4. The van der Waals surface area contributed by atoms with Crippen LogP contribution in [0.2, 0.25) is 20.1 Å². The van der Waals surface area contributed by atoms with Gasteiger partial charge in [-0.05, 0) is 61.7 Å². The zero-order valence-electron chi connectivity index (χ0n) is 29.3. The summed E-state index contributed by atoms with van der Waals surface area (Å²) in [5.74, 6) is -0.788. The summed E-state index contributed by atoms with van der Waals surface area (Å²) in [5.41, 5.74) is 1.45. The third-order valence-corrected chi connectivity index (χ3v) is 9.98. The minimum absolute atomic E-state index is 0.0258. The van der Waals surface area contributed by atoms with Crippen molar-refractivity contribution >= 4 is 46.4 Å². The van der Waals surface area contributed by atoms with Crippen LogP contribution in [0.1, 0.15) is 42.3 Å². The first-order valence-corrected chi connectivity index (χ1v) is 18.5. The van der Waals surface area contributed by atoms with Crippen LogP contribution < -0.4 is 11.2 Å². The van der Waals surface area contributed by atoms with E-state index < -0.39 is 47.7 Å². The molecule has 2 aliphatic rings. The second-order valence-corrected chi connectivity index (χ2v) is 15.0. The van der Waals surface area contributed by atoms with E-state index in [1.54, 1.807) is 43.3 Å². The van der Waals surface area contributed by atoms with Crippen molar-refractivity contribution in [3.63, 3.8) is 0 Å². The number of rotatable bonds is 15. The molecular formula is C38H40Cl4N2O9. The van der Waals surface area contributed by atoms with Gasteiger partial charge in [0, 0.05) is 31.9 Å². The highest BCUT2D eigenvalue weighted by atomic mass is 35.5. The number of ether oxygens (including phenoxy) is 7. The Morgan fingerprint density at radius 3 is 2.13 bits per heavy atom. The fourth-order valence-corrected chi connectivity index (χ4v) is 7.07. The minimum Gasteiger partial charge on any atom is -0.374 e. The number of benzene rings is 3. The normalized spacial score (nSPS) is 22.4. The Hall–Kier alpha value is -2.78. The summed E-state index contributed by atoms with van der Waals surface area (Å²) in [6.45, 7) is 5.81. The molecule has 0 saturated carbocycles. The molecule has 6 rings (SSSR count). The quantitative estimate of drug-likeness (QED) is 0.122. The van der Waals surface area contributed by atoms with Gasteiger partial charge < -0.3 is 33.2 Å². The molecule has 0 bridgehead atoms. The summed E-state index contributed by atoms with van der Waals surface area (Å²) in [6, 6.07) is 19.7. The van der Waals surface area contributed by atoms with E-state index in [-0.39, 0.29) is 39.8 Å². The minimum atomic E-state index is -1.06. The molecule has 0 spiro atoms. The average molecular weight is 811 g/mol. The predicted octanol–water partition coefficient (Wildman–Crippen LogP) is 7.34. The Balaban J connectivity index is 1.31. The van der Waals surface area contributed by atoms with E-state index >= 15 is 0 Å². The van der Waals surface area contributed by atoms with Gasteiger partial charge in [-0.2, -0.15) is 0 Å². The predicted molar refractivity (Wildman–Crippen MR) is 201 cm³/mol. The average Bonchev–Trinajstić information content (AvgIpc) is 3.65. The van der Waals surface area contributed by atoms with Crippen LogP contribution in [0.3, 0.4) is 0 Å². The largest absolute Gasteiger partial charge is 0.374 e. The summed E-state index contributed by atoms with van der Waals surface area (Å²) in [7, 11) is 0. The first-order valence-electron chi connectivity index (χ1n) is 17.0. The van der Waals surface area contributed by atoms with Crippen molar-refractivity contribution < 1.29 is 33.2 Å². The molecule has 4 aromatic rings. The van der Waals surface area contributed by atoms with Gasteiger partial charge in [0.15, 0.2) is 12.0 Å². The molecule has 3 aromatic carbocycles. The lowest BCUT2D eigenvalue weighted by atomic mass is 10.1. The Bertz CT molecular complexity index is 1990. The molecule has 11 nitrogen and oxygen atoms in total. The molecule has 5 atom stereocenters. The van der Waals surface area contributed by atoms with Crippen LogP contribution in [0.5, 0.6) is 0 Å². The van der Waals surface area contributed by atoms with E-state index in [9.17, 15) is 9.59 Å². The maximum Gasteiger partial charge on any atom is 0.335 e. The highest BCUT2D eigenvalue weighted by molar-refractivity contribution is 6.35. The second kappa shape index (κ2) is 17.8. The number of aryl methyl sites for hydroxylation is 1. The fourth-order valence-electron chi connectivity index (χ4n) is 6.14. The molecule has 0 aliphatic carbocycles. The molecule has 2 aliphatic heterocycles. The van der Waals surface area contributed by atoms with Crippen LogP contribution in [0, 0.1) is 6.92 Å². The van der Waals surface area contributed by atoms with Crippen LogP contribution >= 0.6 is 46.4 Å². The maximum atomic E-state index is 14.1.